The van der Waals surface area contributed by atoms with Crippen LogP contribution in [0.4, 0.5) is 43.9 Å². The van der Waals surface area contributed by atoms with Crippen molar-refractivity contribution in [1.29, 1.82) is 0 Å². The Morgan fingerprint density at radius 2 is 0.641 bits per heavy atom. The molecule has 5 atom stereocenters. The molecule has 64 heavy (non-hydrogen) atoms. The second-order valence-electron chi connectivity index (χ2n) is 20.0. The van der Waals surface area contributed by atoms with Crippen LogP contribution in [0.1, 0.15) is 263 Å². The molecule has 0 aliphatic rings. The highest BCUT2D eigenvalue weighted by Crippen LogP contribution is 2.29. The van der Waals surface area contributed by atoms with Crippen LogP contribution >= 0.6 is 0 Å². The Morgan fingerprint density at radius 1 is 0.359 bits per heavy atom. The summed E-state index contributed by atoms with van der Waals surface area (Å²) in [5.41, 5.74) is 0.542. The highest BCUT2D eigenvalue weighted by molar-refractivity contribution is 4.60. The van der Waals surface area contributed by atoms with Crippen LogP contribution in [-0.4, -0.2) is 32.1 Å². The zero-order valence-electron chi connectivity index (χ0n) is 47.7. The van der Waals surface area contributed by atoms with Gasteiger partial charge in [-0.25, -0.2) is 8.78 Å². The van der Waals surface area contributed by atoms with E-state index in [0.717, 1.165) is 42.9 Å². The highest BCUT2D eigenvalue weighted by atomic mass is 19.4. The van der Waals surface area contributed by atoms with E-state index in [0.29, 0.717) is 18.3 Å². The fraction of sp³-hybridized carbons (Fsp3) is 1.00. The van der Waals surface area contributed by atoms with Gasteiger partial charge in [-0.2, -0.15) is 26.3 Å². The van der Waals surface area contributed by atoms with Crippen molar-refractivity contribution < 1.29 is 43.9 Å². The maximum absolute atomic E-state index is 11.6. The van der Waals surface area contributed by atoms with Crippen molar-refractivity contribution in [3.05, 3.63) is 0 Å². The van der Waals surface area contributed by atoms with Gasteiger partial charge in [0.25, 0.3) is 0 Å². The summed E-state index contributed by atoms with van der Waals surface area (Å²) in [4.78, 5) is 0. The van der Waals surface area contributed by atoms with Crippen LogP contribution in [0.15, 0.2) is 0 Å². The normalized spacial score (nSPS) is 13.1. The maximum atomic E-state index is 11.6. The first-order valence-corrected chi connectivity index (χ1v) is 25.4. The van der Waals surface area contributed by atoms with Crippen molar-refractivity contribution in [3.8, 4) is 0 Å². The molecule has 0 bridgehead atoms. The molecule has 0 aliphatic carbocycles. The van der Waals surface area contributed by atoms with Gasteiger partial charge in [-0.15, -0.1) is 0 Å². The van der Waals surface area contributed by atoms with Gasteiger partial charge in [0.05, 0.1) is 25.2 Å². The van der Waals surface area contributed by atoms with E-state index >= 15 is 0 Å². The van der Waals surface area contributed by atoms with Crippen molar-refractivity contribution in [3.63, 3.8) is 0 Å². The summed E-state index contributed by atoms with van der Waals surface area (Å²) in [6, 6.07) is 0. The van der Waals surface area contributed by atoms with Gasteiger partial charge in [-0.3, -0.25) is 8.78 Å². The predicted molar refractivity (Wildman–Crippen MR) is 271 cm³/mol. The first kappa shape index (κ1) is 86.5. The van der Waals surface area contributed by atoms with Crippen molar-refractivity contribution >= 4 is 0 Å². The van der Waals surface area contributed by atoms with Crippen LogP contribution < -0.4 is 0 Å². The second kappa shape index (κ2) is 60.3. The minimum absolute atomic E-state index is 0.159. The third kappa shape index (κ3) is 119. The second-order valence-corrected chi connectivity index (χ2v) is 20.0. The van der Waals surface area contributed by atoms with Crippen LogP contribution in [0.5, 0.6) is 0 Å². The molecular weight excluding hydrogens is 839 g/mol. The van der Waals surface area contributed by atoms with E-state index in [-0.39, 0.29) is 38.0 Å². The lowest BCUT2D eigenvalue weighted by atomic mass is 9.94. The summed E-state index contributed by atoms with van der Waals surface area (Å²) in [5.74, 6) is 1.38. The number of hydrogen-bond acceptors (Lipinski definition) is 0. The van der Waals surface area contributed by atoms with Gasteiger partial charge >= 0.3 is 12.4 Å². The summed E-state index contributed by atoms with van der Waals surface area (Å²) in [7, 11) is 0. The Kier molecular flexibility index (Phi) is 81.5. The lowest BCUT2D eigenvalue weighted by Gasteiger charge is -2.13. The van der Waals surface area contributed by atoms with E-state index in [9.17, 15) is 43.9 Å². The maximum Gasteiger partial charge on any atom is 0.391 e. The minimum Gasteiger partial charge on any atom is -0.251 e. The van der Waals surface area contributed by atoms with E-state index in [1.807, 2.05) is 20.8 Å². The molecule has 0 radical (unpaired) electrons. The molecule has 0 N–H and O–H groups in total. The van der Waals surface area contributed by atoms with Crippen LogP contribution in [0.25, 0.3) is 0 Å². The SMILES string of the molecule is CCC(C)(C)C.CCC(C)C.CCC(C)C.CCC(C)C.CCC(C)C(F)(F)F.CCC(C)C(F)F.CCC(C)CF.CCCC(C)C.CCCC(C)C(F)(F)F.CCCC(C)CF. The van der Waals surface area contributed by atoms with Gasteiger partial charge in [0.15, 0.2) is 0 Å². The standard InChI is InChI=1S/C6H11F3.C6H13F.2C6H14.C5H9F3.C5H10F2.C5H11F.3C5H12/c1-3-4-5(2)6(7,8)9;1-3-4-6(2)5-7;1-5-6(2,3)4;1-4-5-6(2)3;1-3-4(2)5(6,7)8;1-3-4(2)5(6)7;1-3-5(2)4-6;3*1-4-5(2)3/h5H,3-4H2,1-2H3;6H,3-5H2,1-2H3;5H2,1-4H3;6H,4-5H2,1-3H3;4H,3H2,1-2H3;4-5H,3H2,1-2H3;5H,3-4H2,1-2H3;3*5H,4H2,1-3H3. The molecule has 0 fully saturated rings. The summed E-state index contributed by atoms with van der Waals surface area (Å²) < 4.78 is 115. The largest absolute Gasteiger partial charge is 0.391 e. The Morgan fingerprint density at radius 3 is 0.672 bits per heavy atom. The van der Waals surface area contributed by atoms with Gasteiger partial charge < -0.3 is 0 Å². The highest BCUT2D eigenvalue weighted by Gasteiger charge is 2.35. The fourth-order valence-electron chi connectivity index (χ4n) is 2.26. The zero-order valence-corrected chi connectivity index (χ0v) is 47.7. The average molecular weight is 958 g/mol. The molecule has 0 aromatic heterocycles. The van der Waals surface area contributed by atoms with Crippen molar-refractivity contribution in [2.45, 2.75) is 282 Å². The molecule has 0 spiro atoms. The number of alkyl halides is 10. The molecule has 0 saturated heterocycles. The third-order valence-electron chi connectivity index (χ3n) is 9.91. The van der Waals surface area contributed by atoms with E-state index in [1.165, 1.54) is 59.3 Å². The van der Waals surface area contributed by atoms with E-state index in [4.69, 9.17) is 0 Å². The third-order valence-corrected chi connectivity index (χ3v) is 9.91. The van der Waals surface area contributed by atoms with Gasteiger partial charge in [-0.05, 0) is 66.6 Å². The first-order chi connectivity index (χ1) is 28.9. The predicted octanol–water partition coefficient (Wildman–Crippen LogP) is 23.3. The fourth-order valence-corrected chi connectivity index (χ4v) is 2.26. The van der Waals surface area contributed by atoms with Crippen molar-refractivity contribution in [2.75, 3.05) is 13.3 Å². The van der Waals surface area contributed by atoms with E-state index in [1.54, 1.807) is 20.8 Å². The summed E-state index contributed by atoms with van der Waals surface area (Å²) >= 11 is 0. The topological polar surface area (TPSA) is 0 Å². The summed E-state index contributed by atoms with van der Waals surface area (Å²) in [6.07, 6.45) is 2.43. The lowest BCUT2D eigenvalue weighted by Crippen LogP contribution is -2.19. The quantitative estimate of drug-likeness (QED) is 0.144. The molecule has 0 aromatic carbocycles. The van der Waals surface area contributed by atoms with E-state index in [2.05, 4.69) is 118 Å². The number of rotatable bonds is 15. The molecule has 0 aliphatic heterocycles. The Balaban J connectivity index is -0.0000000637. The van der Waals surface area contributed by atoms with Crippen LogP contribution in [0, 0.1) is 58.7 Å². The smallest absolute Gasteiger partial charge is 0.251 e. The summed E-state index contributed by atoms with van der Waals surface area (Å²) in [6.45, 7) is 52.1. The summed E-state index contributed by atoms with van der Waals surface area (Å²) in [5, 5.41) is 0. The zero-order chi connectivity index (χ0) is 53.9. The Bertz CT molecular complexity index is 732. The van der Waals surface area contributed by atoms with Crippen molar-refractivity contribution in [1.82, 2.24) is 0 Å². The molecule has 0 aromatic rings. The van der Waals surface area contributed by atoms with Gasteiger partial charge in [-0.1, -0.05) is 238 Å². The monoisotopic (exact) mass is 957 g/mol. The van der Waals surface area contributed by atoms with Gasteiger partial charge in [0.1, 0.15) is 0 Å². The van der Waals surface area contributed by atoms with Crippen molar-refractivity contribution in [2.24, 2.45) is 58.7 Å². The number of halogens is 10. The minimum atomic E-state index is -3.99. The van der Waals surface area contributed by atoms with E-state index < -0.39 is 36.5 Å². The molecular formula is C54H118F10. The molecule has 10 heteroatoms. The van der Waals surface area contributed by atoms with Crippen LogP contribution in [0.3, 0.4) is 0 Å². The van der Waals surface area contributed by atoms with Crippen LogP contribution in [-0.2, 0) is 0 Å². The average Bonchev–Trinajstić information content (AvgIpc) is 3.20. The first-order valence-electron chi connectivity index (χ1n) is 25.4. The molecule has 0 amide bonds. The Hall–Kier alpha value is -0.700. The molecule has 0 rings (SSSR count). The molecule has 5 unspecified atom stereocenters. The van der Waals surface area contributed by atoms with Gasteiger partial charge in [0.2, 0.25) is 6.43 Å². The molecule has 0 nitrogen and oxygen atoms in total. The lowest BCUT2D eigenvalue weighted by molar-refractivity contribution is -0.171. The molecule has 404 valence electrons. The molecule has 0 saturated carbocycles. The Labute approximate surface area is 397 Å². The van der Waals surface area contributed by atoms with Gasteiger partial charge in [0, 0.05) is 5.92 Å². The number of hydrogen-bond donors (Lipinski definition) is 0. The van der Waals surface area contributed by atoms with Crippen LogP contribution in [0.2, 0.25) is 0 Å². The molecule has 0 heterocycles.